The number of nitrogens with zero attached hydrogens (tertiary/aromatic N) is 4. The molecule has 3 heterocycles. The number of urea groups is 1. The molecule has 1 N–H and O–H groups in total. The normalized spacial score (nSPS) is 14.6. The number of nitrogens with one attached hydrogen (secondary N) is 1. The number of rotatable bonds is 3. The first-order valence-electron chi connectivity index (χ1n) is 9.48. The highest BCUT2D eigenvalue weighted by Gasteiger charge is 2.31. The summed E-state index contributed by atoms with van der Waals surface area (Å²) in [7, 11) is 0. The molecule has 0 spiro atoms. The molecule has 0 radical (unpaired) electrons. The largest absolute Gasteiger partial charge is 0.417 e. The van der Waals surface area contributed by atoms with E-state index in [1.165, 1.54) is 6.07 Å². The van der Waals surface area contributed by atoms with Gasteiger partial charge in [0.05, 0.1) is 5.56 Å². The highest BCUT2D eigenvalue weighted by molar-refractivity contribution is 5.89. The maximum Gasteiger partial charge on any atom is 0.417 e. The third-order valence-electron chi connectivity index (χ3n) is 4.97. The van der Waals surface area contributed by atoms with Crippen LogP contribution in [0.5, 0.6) is 0 Å². The fraction of sp³-hybridized carbons (Fsp3) is 0.238. The first kappa shape index (κ1) is 19.8. The van der Waals surface area contributed by atoms with Gasteiger partial charge < -0.3 is 19.7 Å². The molecule has 1 aliphatic heterocycles. The van der Waals surface area contributed by atoms with E-state index in [4.69, 9.17) is 0 Å². The highest BCUT2D eigenvalue weighted by atomic mass is 19.4. The first-order valence-corrected chi connectivity index (χ1v) is 9.48. The third-order valence-corrected chi connectivity index (χ3v) is 4.97. The average molecular weight is 415 g/mol. The van der Waals surface area contributed by atoms with Gasteiger partial charge in [-0.3, -0.25) is 0 Å². The predicted molar refractivity (Wildman–Crippen MR) is 108 cm³/mol. The molecule has 0 aliphatic carbocycles. The summed E-state index contributed by atoms with van der Waals surface area (Å²) in [6, 6.07) is 13.6. The molecule has 0 unspecified atom stereocenters. The van der Waals surface area contributed by atoms with Gasteiger partial charge in [-0.2, -0.15) is 13.2 Å². The minimum absolute atomic E-state index is 0.209. The summed E-state index contributed by atoms with van der Waals surface area (Å²) in [5.74, 6) is 0.475. The molecule has 0 saturated carbocycles. The van der Waals surface area contributed by atoms with Crippen molar-refractivity contribution in [2.24, 2.45) is 0 Å². The predicted octanol–water partition coefficient (Wildman–Crippen LogP) is 4.25. The second-order valence-electron chi connectivity index (χ2n) is 6.95. The Labute approximate surface area is 171 Å². The molecule has 0 atom stereocenters. The minimum Gasteiger partial charge on any atom is -0.353 e. The van der Waals surface area contributed by atoms with Crippen LogP contribution in [0.25, 0.3) is 5.69 Å². The number of pyridine rings is 1. The van der Waals surface area contributed by atoms with Gasteiger partial charge in [0.15, 0.2) is 0 Å². The Hall–Kier alpha value is -3.49. The van der Waals surface area contributed by atoms with Crippen LogP contribution in [0.4, 0.5) is 29.5 Å². The lowest BCUT2D eigenvalue weighted by Gasteiger charge is -2.35. The zero-order valence-electron chi connectivity index (χ0n) is 16.0. The van der Waals surface area contributed by atoms with Crippen LogP contribution in [0.1, 0.15) is 5.56 Å². The van der Waals surface area contributed by atoms with Gasteiger partial charge in [-0.15, -0.1) is 0 Å². The minimum atomic E-state index is -4.40. The van der Waals surface area contributed by atoms with E-state index < -0.39 is 11.7 Å². The zero-order chi connectivity index (χ0) is 21.1. The van der Waals surface area contributed by atoms with Crippen molar-refractivity contribution < 1.29 is 18.0 Å². The topological polar surface area (TPSA) is 53.4 Å². The second kappa shape index (κ2) is 8.10. The molecule has 1 fully saturated rings. The van der Waals surface area contributed by atoms with Crippen molar-refractivity contribution >= 4 is 17.5 Å². The quantitative estimate of drug-likeness (QED) is 0.696. The maximum absolute atomic E-state index is 12.7. The number of anilines is 2. The smallest absolute Gasteiger partial charge is 0.353 e. The molecule has 1 aliphatic rings. The molecule has 30 heavy (non-hydrogen) atoms. The maximum atomic E-state index is 12.7. The fourth-order valence-corrected chi connectivity index (χ4v) is 3.33. The van der Waals surface area contributed by atoms with Crippen molar-refractivity contribution in [1.82, 2.24) is 14.5 Å². The van der Waals surface area contributed by atoms with E-state index >= 15 is 0 Å². The van der Waals surface area contributed by atoms with E-state index in [9.17, 15) is 18.0 Å². The molecule has 6 nitrogen and oxygen atoms in total. The number of piperazine rings is 1. The number of aromatic nitrogens is 2. The van der Waals surface area contributed by atoms with E-state index in [0.717, 1.165) is 18.0 Å². The summed E-state index contributed by atoms with van der Waals surface area (Å²) in [5, 5.41) is 2.91. The summed E-state index contributed by atoms with van der Waals surface area (Å²) in [6.07, 6.45) is 0.290. The van der Waals surface area contributed by atoms with Gasteiger partial charge in [0.1, 0.15) is 5.82 Å². The van der Waals surface area contributed by atoms with Crippen LogP contribution in [0.2, 0.25) is 0 Å². The monoisotopic (exact) mass is 415 g/mol. The van der Waals surface area contributed by atoms with Crippen molar-refractivity contribution in [1.29, 1.82) is 0 Å². The van der Waals surface area contributed by atoms with Crippen LogP contribution in [-0.2, 0) is 6.18 Å². The molecule has 4 rings (SSSR count). The second-order valence-corrected chi connectivity index (χ2v) is 6.95. The van der Waals surface area contributed by atoms with Crippen molar-refractivity contribution in [3.8, 4) is 5.69 Å². The lowest BCUT2D eigenvalue weighted by molar-refractivity contribution is -0.137. The lowest BCUT2D eigenvalue weighted by Crippen LogP contribution is -2.50. The molecule has 156 valence electrons. The molecule has 1 aromatic carbocycles. The van der Waals surface area contributed by atoms with E-state index in [0.29, 0.717) is 37.7 Å². The van der Waals surface area contributed by atoms with Crippen molar-refractivity contribution in [2.75, 3.05) is 36.4 Å². The summed E-state index contributed by atoms with van der Waals surface area (Å²) < 4.78 is 40.0. The van der Waals surface area contributed by atoms with Crippen LogP contribution in [0.15, 0.2) is 67.1 Å². The number of carbonyl (C=O) groups excluding carboxylic acids is 1. The van der Waals surface area contributed by atoms with E-state index in [-0.39, 0.29) is 6.03 Å². The van der Waals surface area contributed by atoms with Gasteiger partial charge in [0.2, 0.25) is 0 Å². The van der Waals surface area contributed by atoms with Gasteiger partial charge in [-0.05, 0) is 42.5 Å². The van der Waals surface area contributed by atoms with Crippen molar-refractivity contribution in [2.45, 2.75) is 6.18 Å². The Morgan fingerprint density at radius 1 is 0.967 bits per heavy atom. The molecule has 0 bridgehead atoms. The zero-order valence-corrected chi connectivity index (χ0v) is 16.0. The number of benzene rings is 1. The van der Waals surface area contributed by atoms with Crippen LogP contribution in [-0.4, -0.2) is 46.7 Å². The Bertz CT molecular complexity index is 994. The number of hydrogen-bond acceptors (Lipinski definition) is 3. The van der Waals surface area contributed by atoms with Crippen LogP contribution >= 0.6 is 0 Å². The standard InChI is InChI=1S/C21H20F3N5O/c22-21(23,24)16-6-7-19(25-15-16)28-10-12-29(13-11-28)20(30)26-17-4-3-5-18(14-17)27-8-1-2-9-27/h1-9,14-15H,10-13H2,(H,26,30). The molecular weight excluding hydrogens is 395 g/mol. The molecule has 2 amide bonds. The van der Waals surface area contributed by atoms with Gasteiger partial charge >= 0.3 is 12.2 Å². The number of halogens is 3. The van der Waals surface area contributed by atoms with E-state index in [1.807, 2.05) is 58.3 Å². The van der Waals surface area contributed by atoms with E-state index in [2.05, 4.69) is 10.3 Å². The average Bonchev–Trinajstić information content (AvgIpc) is 3.29. The fourth-order valence-electron chi connectivity index (χ4n) is 3.33. The number of hydrogen-bond donors (Lipinski definition) is 1. The Kier molecular flexibility index (Phi) is 5.35. The lowest BCUT2D eigenvalue weighted by atomic mass is 10.2. The van der Waals surface area contributed by atoms with Crippen LogP contribution in [0, 0.1) is 0 Å². The van der Waals surface area contributed by atoms with Gasteiger partial charge in [0, 0.05) is 56.1 Å². The molecular formula is C21H20F3N5O. The number of amides is 2. The van der Waals surface area contributed by atoms with Gasteiger partial charge in [-0.1, -0.05) is 6.07 Å². The third kappa shape index (κ3) is 4.40. The molecule has 1 saturated heterocycles. The molecule has 2 aromatic heterocycles. The summed E-state index contributed by atoms with van der Waals surface area (Å²) in [5.41, 5.74) is 0.862. The first-order chi connectivity index (χ1) is 14.4. The Balaban J connectivity index is 1.34. The summed E-state index contributed by atoms with van der Waals surface area (Å²) in [6.45, 7) is 1.89. The van der Waals surface area contributed by atoms with Gasteiger partial charge in [0.25, 0.3) is 0 Å². The summed E-state index contributed by atoms with van der Waals surface area (Å²) >= 11 is 0. The molecule has 9 heteroatoms. The summed E-state index contributed by atoms with van der Waals surface area (Å²) in [4.78, 5) is 20.1. The molecule has 3 aromatic rings. The van der Waals surface area contributed by atoms with E-state index in [1.54, 1.807) is 4.90 Å². The Morgan fingerprint density at radius 3 is 2.33 bits per heavy atom. The van der Waals surface area contributed by atoms with Crippen molar-refractivity contribution in [3.63, 3.8) is 0 Å². The number of carbonyl (C=O) groups is 1. The number of alkyl halides is 3. The van der Waals surface area contributed by atoms with Crippen LogP contribution in [0.3, 0.4) is 0 Å². The van der Waals surface area contributed by atoms with Crippen LogP contribution < -0.4 is 10.2 Å². The SMILES string of the molecule is O=C(Nc1cccc(-n2cccc2)c1)N1CCN(c2ccc(C(F)(F)F)cn2)CC1. The Morgan fingerprint density at radius 2 is 1.70 bits per heavy atom. The van der Waals surface area contributed by atoms with Crippen molar-refractivity contribution in [3.05, 3.63) is 72.7 Å². The van der Waals surface area contributed by atoms with Gasteiger partial charge in [-0.25, -0.2) is 9.78 Å². The highest BCUT2D eigenvalue weighted by Crippen LogP contribution is 2.29.